The van der Waals surface area contributed by atoms with Crippen molar-refractivity contribution >= 4 is 5.97 Å². The normalized spacial score (nSPS) is 25.8. The second-order valence-corrected chi connectivity index (χ2v) is 6.43. The van der Waals surface area contributed by atoms with E-state index in [1.54, 1.807) is 0 Å². The Labute approximate surface area is 141 Å². The Hall–Kier alpha value is -0.870. The summed E-state index contributed by atoms with van der Waals surface area (Å²) < 4.78 is 17.3. The summed E-state index contributed by atoms with van der Waals surface area (Å²) in [6.07, 6.45) is 10.9. The first-order valence-corrected chi connectivity index (χ1v) is 9.19. The fourth-order valence-electron chi connectivity index (χ4n) is 2.79. The number of hydrogen-bond donors (Lipinski definition) is 0. The maximum absolute atomic E-state index is 11.8. The van der Waals surface area contributed by atoms with E-state index in [1.165, 1.54) is 19.3 Å². The smallest absolute Gasteiger partial charge is 0.305 e. The van der Waals surface area contributed by atoms with Crippen LogP contribution >= 0.6 is 0 Å². The highest BCUT2D eigenvalue weighted by Gasteiger charge is 2.43. The van der Waals surface area contributed by atoms with Gasteiger partial charge in [0.1, 0.15) is 12.7 Å². The summed E-state index contributed by atoms with van der Waals surface area (Å²) in [6.45, 7) is 9.13. The van der Waals surface area contributed by atoms with Crippen molar-refractivity contribution in [2.45, 2.75) is 84.5 Å². The van der Waals surface area contributed by atoms with Gasteiger partial charge in [0.2, 0.25) is 0 Å². The van der Waals surface area contributed by atoms with Crippen molar-refractivity contribution in [3.63, 3.8) is 0 Å². The van der Waals surface area contributed by atoms with Gasteiger partial charge in [-0.2, -0.15) is 0 Å². The molecule has 0 N–H and O–H groups in total. The number of esters is 1. The Kier molecular flexibility index (Phi) is 9.49. The van der Waals surface area contributed by atoms with E-state index in [2.05, 4.69) is 20.8 Å². The standard InChI is InChI=1S/C19H34O4/c1-5-8-9-10-11-12-18(20)21-14-17-15-22-19(23-17,13-6-2)16(4)7-3/h6,13,16-17H,5,7-12,14-15H2,1-4H3. The molecule has 0 spiro atoms. The number of carbonyl (C=O) groups is 1. The molecule has 0 radical (unpaired) electrons. The molecule has 0 saturated carbocycles. The minimum absolute atomic E-state index is 0.128. The zero-order chi connectivity index (χ0) is 17.1. The summed E-state index contributed by atoms with van der Waals surface area (Å²) in [4.78, 5) is 11.8. The average molecular weight is 326 g/mol. The first kappa shape index (κ1) is 20.2. The van der Waals surface area contributed by atoms with Crippen LogP contribution in [0.5, 0.6) is 0 Å². The fourth-order valence-corrected chi connectivity index (χ4v) is 2.79. The van der Waals surface area contributed by atoms with E-state index >= 15 is 0 Å². The van der Waals surface area contributed by atoms with Crippen LogP contribution in [-0.4, -0.2) is 31.1 Å². The van der Waals surface area contributed by atoms with Gasteiger partial charge in [-0.15, -0.1) is 0 Å². The molecule has 1 aliphatic heterocycles. The van der Waals surface area contributed by atoms with Crippen LogP contribution < -0.4 is 0 Å². The average Bonchev–Trinajstić information content (AvgIpc) is 2.97. The van der Waals surface area contributed by atoms with Gasteiger partial charge in [-0.25, -0.2) is 0 Å². The second kappa shape index (κ2) is 10.8. The Balaban J connectivity index is 2.29. The topological polar surface area (TPSA) is 44.8 Å². The number of unbranched alkanes of at least 4 members (excludes halogenated alkanes) is 4. The summed E-state index contributed by atoms with van der Waals surface area (Å²) in [5, 5.41) is 0. The molecular weight excluding hydrogens is 292 g/mol. The predicted octanol–water partition coefficient (Wildman–Crippen LogP) is 4.62. The second-order valence-electron chi connectivity index (χ2n) is 6.43. The van der Waals surface area contributed by atoms with Crippen LogP contribution in [0.2, 0.25) is 0 Å². The molecule has 1 fully saturated rings. The molecule has 1 rings (SSSR count). The van der Waals surface area contributed by atoms with Crippen molar-refractivity contribution in [2.24, 2.45) is 5.92 Å². The van der Waals surface area contributed by atoms with Crippen LogP contribution in [0.3, 0.4) is 0 Å². The highest BCUT2D eigenvalue weighted by atomic mass is 16.8. The quantitative estimate of drug-likeness (QED) is 0.316. The third-order valence-corrected chi connectivity index (χ3v) is 4.46. The molecule has 0 aromatic carbocycles. The van der Waals surface area contributed by atoms with Gasteiger partial charge >= 0.3 is 5.97 Å². The molecule has 0 aliphatic carbocycles. The third kappa shape index (κ3) is 6.64. The number of ether oxygens (including phenoxy) is 3. The molecule has 23 heavy (non-hydrogen) atoms. The maximum Gasteiger partial charge on any atom is 0.305 e. The molecule has 1 aliphatic rings. The van der Waals surface area contributed by atoms with Crippen LogP contribution in [0.25, 0.3) is 0 Å². The van der Waals surface area contributed by atoms with Crippen molar-refractivity contribution < 1.29 is 19.0 Å². The van der Waals surface area contributed by atoms with Gasteiger partial charge in [0.25, 0.3) is 0 Å². The zero-order valence-corrected chi connectivity index (χ0v) is 15.3. The molecule has 1 heterocycles. The Morgan fingerprint density at radius 2 is 2.04 bits per heavy atom. The lowest BCUT2D eigenvalue weighted by Gasteiger charge is -2.30. The Morgan fingerprint density at radius 1 is 1.30 bits per heavy atom. The number of carbonyl (C=O) groups excluding carboxylic acids is 1. The predicted molar refractivity (Wildman–Crippen MR) is 92.2 cm³/mol. The van der Waals surface area contributed by atoms with Crippen molar-refractivity contribution in [1.82, 2.24) is 0 Å². The van der Waals surface area contributed by atoms with Crippen LogP contribution in [-0.2, 0) is 19.0 Å². The van der Waals surface area contributed by atoms with Crippen LogP contribution in [0, 0.1) is 5.92 Å². The molecule has 1 saturated heterocycles. The lowest BCUT2D eigenvalue weighted by molar-refractivity contribution is -0.173. The summed E-state index contributed by atoms with van der Waals surface area (Å²) >= 11 is 0. The van der Waals surface area contributed by atoms with Crippen molar-refractivity contribution in [3.05, 3.63) is 12.2 Å². The molecule has 4 heteroatoms. The fraction of sp³-hybridized carbons (Fsp3) is 0.842. The van der Waals surface area contributed by atoms with Gasteiger partial charge in [0.05, 0.1) is 6.61 Å². The molecule has 0 aromatic rings. The monoisotopic (exact) mass is 326 g/mol. The molecule has 0 aromatic heterocycles. The highest BCUT2D eigenvalue weighted by molar-refractivity contribution is 5.69. The van der Waals surface area contributed by atoms with E-state index in [4.69, 9.17) is 14.2 Å². The van der Waals surface area contributed by atoms with Crippen LogP contribution in [0.15, 0.2) is 12.2 Å². The molecule has 0 bridgehead atoms. The third-order valence-electron chi connectivity index (χ3n) is 4.46. The first-order chi connectivity index (χ1) is 11.1. The first-order valence-electron chi connectivity index (χ1n) is 9.19. The summed E-state index contributed by atoms with van der Waals surface area (Å²) in [7, 11) is 0. The van der Waals surface area contributed by atoms with Crippen LogP contribution in [0.4, 0.5) is 0 Å². The molecular formula is C19H34O4. The maximum atomic E-state index is 11.8. The SMILES string of the molecule is CC=CC1(C(C)CC)OCC(COC(=O)CCCCCCC)O1. The lowest BCUT2D eigenvalue weighted by Crippen LogP contribution is -2.36. The zero-order valence-electron chi connectivity index (χ0n) is 15.3. The van der Waals surface area contributed by atoms with Gasteiger partial charge in [0, 0.05) is 12.3 Å². The molecule has 0 amide bonds. The van der Waals surface area contributed by atoms with Gasteiger partial charge in [0.15, 0.2) is 5.79 Å². The van der Waals surface area contributed by atoms with Crippen molar-refractivity contribution in [3.8, 4) is 0 Å². The van der Waals surface area contributed by atoms with Gasteiger partial charge < -0.3 is 14.2 Å². The van der Waals surface area contributed by atoms with E-state index in [0.29, 0.717) is 13.0 Å². The summed E-state index contributed by atoms with van der Waals surface area (Å²) in [5.41, 5.74) is 0. The van der Waals surface area contributed by atoms with Crippen molar-refractivity contribution in [2.75, 3.05) is 13.2 Å². The van der Waals surface area contributed by atoms with E-state index in [1.807, 2.05) is 19.1 Å². The molecule has 134 valence electrons. The van der Waals surface area contributed by atoms with Gasteiger partial charge in [-0.05, 0) is 25.8 Å². The molecule has 3 atom stereocenters. The molecule has 3 unspecified atom stereocenters. The summed E-state index contributed by atoms with van der Waals surface area (Å²) in [6, 6.07) is 0. The van der Waals surface area contributed by atoms with Gasteiger partial charge in [-0.3, -0.25) is 4.79 Å². The van der Waals surface area contributed by atoms with E-state index < -0.39 is 5.79 Å². The largest absolute Gasteiger partial charge is 0.463 e. The minimum Gasteiger partial charge on any atom is -0.463 e. The van der Waals surface area contributed by atoms with E-state index in [0.717, 1.165) is 19.3 Å². The number of allylic oxidation sites excluding steroid dienone is 1. The summed E-state index contributed by atoms with van der Waals surface area (Å²) in [5.74, 6) is -0.532. The Bertz CT molecular complexity index is 366. The number of hydrogen-bond acceptors (Lipinski definition) is 4. The van der Waals surface area contributed by atoms with E-state index in [9.17, 15) is 4.79 Å². The Morgan fingerprint density at radius 3 is 2.70 bits per heavy atom. The van der Waals surface area contributed by atoms with Crippen molar-refractivity contribution in [1.29, 1.82) is 0 Å². The molecule has 4 nitrogen and oxygen atoms in total. The minimum atomic E-state index is -0.666. The van der Waals surface area contributed by atoms with Crippen LogP contribution in [0.1, 0.15) is 72.6 Å². The van der Waals surface area contributed by atoms with Gasteiger partial charge in [-0.1, -0.05) is 52.5 Å². The number of rotatable bonds is 11. The van der Waals surface area contributed by atoms with E-state index in [-0.39, 0.29) is 24.6 Å². The lowest BCUT2D eigenvalue weighted by atomic mass is 9.97. The highest BCUT2D eigenvalue weighted by Crippen LogP contribution is 2.34.